The highest BCUT2D eigenvalue weighted by Crippen LogP contribution is 2.42. The highest BCUT2D eigenvalue weighted by Gasteiger charge is 2.46. The van der Waals surface area contributed by atoms with Gasteiger partial charge in [0.2, 0.25) is 0 Å². The minimum Gasteiger partial charge on any atom is -0.507 e. The van der Waals surface area contributed by atoms with Crippen molar-refractivity contribution < 1.29 is 29.3 Å². The second-order valence-electron chi connectivity index (χ2n) is 8.27. The van der Waals surface area contributed by atoms with Crippen LogP contribution in [0.4, 0.5) is 0 Å². The Hall–Kier alpha value is -3.52. The number of rotatable bonds is 8. The lowest BCUT2D eigenvalue weighted by Gasteiger charge is -2.26. The van der Waals surface area contributed by atoms with E-state index in [-0.39, 0.29) is 22.8 Å². The van der Waals surface area contributed by atoms with Crippen LogP contribution in [-0.2, 0) is 9.59 Å². The molecule has 0 saturated carbocycles. The van der Waals surface area contributed by atoms with Crippen LogP contribution in [0.2, 0.25) is 0 Å². The first-order valence-electron chi connectivity index (χ1n) is 10.6. The fourth-order valence-electron chi connectivity index (χ4n) is 4.06. The second-order valence-corrected chi connectivity index (χ2v) is 8.27. The third-order valence-corrected chi connectivity index (χ3v) is 5.73. The van der Waals surface area contributed by atoms with Gasteiger partial charge in [-0.15, -0.1) is 0 Å². The normalized spacial score (nSPS) is 17.6. The van der Waals surface area contributed by atoms with E-state index in [9.17, 15) is 19.8 Å². The zero-order valence-corrected chi connectivity index (χ0v) is 19.6. The van der Waals surface area contributed by atoms with Crippen molar-refractivity contribution >= 4 is 17.4 Å². The number of aliphatic hydroxyl groups excluding tert-OH is 1. The van der Waals surface area contributed by atoms with E-state index >= 15 is 0 Å². The van der Waals surface area contributed by atoms with E-state index in [1.807, 2.05) is 25.9 Å². The molecule has 2 aromatic rings. The van der Waals surface area contributed by atoms with E-state index in [1.165, 1.54) is 18.1 Å². The average Bonchev–Trinajstić information content (AvgIpc) is 3.03. The third kappa shape index (κ3) is 4.80. The van der Waals surface area contributed by atoms with Crippen LogP contribution in [-0.4, -0.2) is 73.1 Å². The topological polar surface area (TPSA) is 99.5 Å². The van der Waals surface area contributed by atoms with Crippen molar-refractivity contribution in [1.82, 2.24) is 9.80 Å². The van der Waals surface area contributed by atoms with Crippen LogP contribution < -0.4 is 9.47 Å². The molecule has 0 spiro atoms. The summed E-state index contributed by atoms with van der Waals surface area (Å²) in [7, 11) is 6.84. The third-order valence-electron chi connectivity index (χ3n) is 5.73. The zero-order chi connectivity index (χ0) is 24.3. The number of amides is 1. The molecular formula is C25H30N2O6. The summed E-state index contributed by atoms with van der Waals surface area (Å²) in [4.78, 5) is 29.6. The van der Waals surface area contributed by atoms with Crippen LogP contribution in [0, 0.1) is 6.92 Å². The molecule has 1 amide bonds. The van der Waals surface area contributed by atoms with Gasteiger partial charge in [0.25, 0.3) is 11.7 Å². The Morgan fingerprint density at radius 2 is 1.76 bits per heavy atom. The smallest absolute Gasteiger partial charge is 0.295 e. The summed E-state index contributed by atoms with van der Waals surface area (Å²) in [6.45, 7) is 2.89. The number of phenolic OH excluding ortho intramolecular Hbond substituents is 1. The standard InChI is InChI=1S/C25H30N2O6/c1-15-13-17(8-10-19(15)32-4)23(29)21-22(16-7-9-18(28)20(14-16)33-5)27(25(31)24(21)30)12-6-11-26(2)3/h7-10,13-14,22,28-29H,6,11-12H2,1-5H3/t22-/m1/s1. The minimum absolute atomic E-state index is 0.00200. The zero-order valence-electron chi connectivity index (χ0n) is 19.6. The minimum atomic E-state index is -0.816. The number of methoxy groups -OCH3 is 2. The number of likely N-dealkylation sites (tertiary alicyclic amines) is 1. The van der Waals surface area contributed by atoms with E-state index in [1.54, 1.807) is 37.4 Å². The van der Waals surface area contributed by atoms with Crippen molar-refractivity contribution in [2.45, 2.75) is 19.4 Å². The number of aromatic hydroxyl groups is 1. The Labute approximate surface area is 193 Å². The Balaban J connectivity index is 2.15. The van der Waals surface area contributed by atoms with Crippen molar-refractivity contribution in [2.75, 3.05) is 41.4 Å². The molecule has 3 rings (SSSR count). The number of hydrogen-bond acceptors (Lipinski definition) is 7. The van der Waals surface area contributed by atoms with E-state index in [0.29, 0.717) is 29.8 Å². The quantitative estimate of drug-likeness (QED) is 0.359. The van der Waals surface area contributed by atoms with Crippen LogP contribution in [0.25, 0.3) is 5.76 Å². The van der Waals surface area contributed by atoms with Gasteiger partial charge < -0.3 is 29.5 Å². The molecule has 1 aliphatic rings. The molecule has 176 valence electrons. The Bertz CT molecular complexity index is 1090. The second kappa shape index (κ2) is 9.95. The van der Waals surface area contributed by atoms with Gasteiger partial charge in [-0.3, -0.25) is 9.59 Å². The first-order valence-corrected chi connectivity index (χ1v) is 10.6. The lowest BCUT2D eigenvalue weighted by molar-refractivity contribution is -0.139. The summed E-state index contributed by atoms with van der Waals surface area (Å²) < 4.78 is 10.5. The number of aliphatic hydroxyl groups is 1. The summed E-state index contributed by atoms with van der Waals surface area (Å²) in [6, 6.07) is 8.90. The van der Waals surface area contributed by atoms with Gasteiger partial charge in [0.15, 0.2) is 11.5 Å². The number of hydrogen-bond donors (Lipinski definition) is 2. The highest BCUT2D eigenvalue weighted by molar-refractivity contribution is 6.46. The molecule has 0 aliphatic carbocycles. The molecule has 8 heteroatoms. The fourth-order valence-corrected chi connectivity index (χ4v) is 4.06. The Kier molecular flexibility index (Phi) is 7.28. The number of ether oxygens (including phenoxy) is 2. The van der Waals surface area contributed by atoms with Gasteiger partial charge in [0, 0.05) is 12.1 Å². The number of Topliss-reactive ketones (excluding diaryl/α,β-unsaturated/α-hetero) is 1. The molecule has 1 saturated heterocycles. The van der Waals surface area contributed by atoms with Gasteiger partial charge in [-0.05, 0) is 75.4 Å². The van der Waals surface area contributed by atoms with Crippen molar-refractivity contribution in [3.8, 4) is 17.2 Å². The SMILES string of the molecule is COc1ccc(C(O)=C2C(=O)C(=O)N(CCCN(C)C)[C@@H]2c2ccc(O)c(OC)c2)cc1C. The molecule has 2 aromatic carbocycles. The molecular weight excluding hydrogens is 424 g/mol. The molecule has 1 fully saturated rings. The molecule has 2 N–H and O–H groups in total. The average molecular weight is 455 g/mol. The summed E-state index contributed by atoms with van der Waals surface area (Å²) in [5, 5.41) is 21.2. The van der Waals surface area contributed by atoms with Gasteiger partial charge in [-0.2, -0.15) is 0 Å². The predicted octanol–water partition coefficient (Wildman–Crippen LogP) is 3.09. The summed E-state index contributed by atoms with van der Waals surface area (Å²) >= 11 is 0. The molecule has 33 heavy (non-hydrogen) atoms. The number of phenols is 1. The number of aryl methyl sites for hydroxylation is 1. The predicted molar refractivity (Wildman–Crippen MR) is 125 cm³/mol. The number of carbonyl (C=O) groups is 2. The first-order chi connectivity index (χ1) is 15.7. The molecule has 1 atom stereocenters. The van der Waals surface area contributed by atoms with Crippen molar-refractivity contribution in [2.24, 2.45) is 0 Å². The molecule has 0 aromatic heterocycles. The fraction of sp³-hybridized carbons (Fsp3) is 0.360. The summed E-state index contributed by atoms with van der Waals surface area (Å²) in [6.07, 6.45) is 0.646. The molecule has 8 nitrogen and oxygen atoms in total. The number of benzene rings is 2. The van der Waals surface area contributed by atoms with Crippen molar-refractivity contribution in [3.63, 3.8) is 0 Å². The Morgan fingerprint density at radius 3 is 2.36 bits per heavy atom. The molecule has 0 bridgehead atoms. The maximum atomic E-state index is 13.1. The molecule has 0 unspecified atom stereocenters. The van der Waals surface area contributed by atoms with Crippen LogP contribution in [0.15, 0.2) is 42.0 Å². The highest BCUT2D eigenvalue weighted by atomic mass is 16.5. The number of nitrogens with zero attached hydrogens (tertiary/aromatic N) is 2. The van der Waals surface area contributed by atoms with Crippen LogP contribution in [0.1, 0.15) is 29.2 Å². The summed E-state index contributed by atoms with van der Waals surface area (Å²) in [5.41, 5.74) is 1.75. The van der Waals surface area contributed by atoms with Crippen LogP contribution in [0.5, 0.6) is 17.2 Å². The molecule has 1 heterocycles. The molecule has 1 aliphatic heterocycles. The maximum Gasteiger partial charge on any atom is 0.295 e. The largest absolute Gasteiger partial charge is 0.507 e. The Morgan fingerprint density at radius 1 is 1.06 bits per heavy atom. The van der Waals surface area contributed by atoms with Gasteiger partial charge in [0.05, 0.1) is 25.8 Å². The maximum absolute atomic E-state index is 13.1. The van der Waals surface area contributed by atoms with Gasteiger partial charge in [-0.25, -0.2) is 0 Å². The molecule has 0 radical (unpaired) electrons. The van der Waals surface area contributed by atoms with E-state index in [2.05, 4.69) is 0 Å². The van der Waals surface area contributed by atoms with Crippen molar-refractivity contribution in [3.05, 3.63) is 58.7 Å². The number of ketones is 1. The number of carbonyl (C=O) groups excluding carboxylic acids is 2. The van der Waals surface area contributed by atoms with Gasteiger partial charge in [-0.1, -0.05) is 6.07 Å². The van der Waals surface area contributed by atoms with Crippen LogP contribution in [0.3, 0.4) is 0 Å². The van der Waals surface area contributed by atoms with Crippen LogP contribution >= 0.6 is 0 Å². The lowest BCUT2D eigenvalue weighted by Crippen LogP contribution is -2.32. The van der Waals surface area contributed by atoms with E-state index in [4.69, 9.17) is 9.47 Å². The van der Waals surface area contributed by atoms with Gasteiger partial charge in [0.1, 0.15) is 11.5 Å². The van der Waals surface area contributed by atoms with E-state index < -0.39 is 17.7 Å². The van der Waals surface area contributed by atoms with Gasteiger partial charge >= 0.3 is 0 Å². The van der Waals surface area contributed by atoms with E-state index in [0.717, 1.165) is 12.1 Å². The summed E-state index contributed by atoms with van der Waals surface area (Å²) in [5.74, 6) is -0.870. The monoisotopic (exact) mass is 454 g/mol. The van der Waals surface area contributed by atoms with Crippen molar-refractivity contribution in [1.29, 1.82) is 0 Å². The first kappa shape index (κ1) is 24.1. The lowest BCUT2D eigenvalue weighted by atomic mass is 9.94.